The van der Waals surface area contributed by atoms with E-state index in [2.05, 4.69) is 16.8 Å². The fourth-order valence-corrected chi connectivity index (χ4v) is 4.43. The Bertz CT molecular complexity index is 862. The molecule has 0 N–H and O–H groups in total. The molecule has 2 aromatic carbocycles. The fraction of sp³-hybridized carbons (Fsp3) is 0.190. The lowest BCUT2D eigenvalue weighted by atomic mass is 10.1. The van der Waals surface area contributed by atoms with Crippen molar-refractivity contribution in [3.05, 3.63) is 82.0 Å². The normalized spacial score (nSPS) is 10.5. The van der Waals surface area contributed by atoms with Gasteiger partial charge in [-0.3, -0.25) is 4.79 Å². The number of thioether (sulfide) groups is 1. The van der Waals surface area contributed by atoms with Crippen molar-refractivity contribution < 1.29 is 9.53 Å². The van der Waals surface area contributed by atoms with E-state index in [0.29, 0.717) is 6.54 Å². The summed E-state index contributed by atoms with van der Waals surface area (Å²) in [5.41, 5.74) is 3.02. The average Bonchev–Trinajstić information content (AvgIpc) is 3.20. The van der Waals surface area contributed by atoms with Crippen LogP contribution in [-0.2, 0) is 12.3 Å². The van der Waals surface area contributed by atoms with E-state index in [1.54, 1.807) is 35.1 Å². The minimum atomic E-state index is 0.0179. The number of amides is 1. The smallest absolute Gasteiger partial charge is 0.255 e. The molecule has 5 heteroatoms. The van der Waals surface area contributed by atoms with Crippen LogP contribution in [-0.4, -0.2) is 25.0 Å². The first-order chi connectivity index (χ1) is 12.7. The Morgan fingerprint density at radius 1 is 1.12 bits per heavy atom. The van der Waals surface area contributed by atoms with Crippen LogP contribution in [0, 0.1) is 0 Å². The summed E-state index contributed by atoms with van der Waals surface area (Å²) < 4.78 is 5.39. The lowest BCUT2D eigenvalue weighted by Gasteiger charge is -2.20. The molecule has 26 heavy (non-hydrogen) atoms. The van der Waals surface area contributed by atoms with Crippen molar-refractivity contribution in [1.82, 2.24) is 4.90 Å². The van der Waals surface area contributed by atoms with Gasteiger partial charge in [0.05, 0.1) is 12.7 Å². The van der Waals surface area contributed by atoms with Gasteiger partial charge >= 0.3 is 0 Å². The molecule has 0 bridgehead atoms. The first-order valence-corrected chi connectivity index (χ1v) is 10.2. The molecule has 3 rings (SSSR count). The molecule has 3 nitrogen and oxygen atoms in total. The first-order valence-electron chi connectivity index (χ1n) is 8.29. The highest BCUT2D eigenvalue weighted by Crippen LogP contribution is 2.28. The molecule has 0 saturated carbocycles. The van der Waals surface area contributed by atoms with Crippen LogP contribution < -0.4 is 4.74 Å². The zero-order chi connectivity index (χ0) is 18.4. The van der Waals surface area contributed by atoms with E-state index >= 15 is 0 Å². The maximum absolute atomic E-state index is 13.0. The highest BCUT2D eigenvalue weighted by Gasteiger charge is 2.17. The van der Waals surface area contributed by atoms with Crippen LogP contribution in [0.1, 0.15) is 21.5 Å². The number of carbonyl (C=O) groups excluding carboxylic acids is 1. The third kappa shape index (κ3) is 4.48. The molecule has 0 atom stereocenters. The monoisotopic (exact) mass is 383 g/mol. The lowest BCUT2D eigenvalue weighted by Crippen LogP contribution is -2.26. The molecule has 0 unspecified atom stereocenters. The molecular formula is C21H21NO2S2. The second-order valence-corrected chi connectivity index (χ2v) is 7.69. The van der Waals surface area contributed by atoms with Crippen molar-refractivity contribution in [1.29, 1.82) is 0 Å². The largest absolute Gasteiger partial charge is 0.496 e. The molecule has 0 aliphatic heterocycles. The number of rotatable bonds is 7. The minimum Gasteiger partial charge on any atom is -0.496 e. The van der Waals surface area contributed by atoms with Crippen molar-refractivity contribution >= 4 is 29.0 Å². The van der Waals surface area contributed by atoms with E-state index in [9.17, 15) is 4.79 Å². The Labute approximate surface area is 162 Å². The van der Waals surface area contributed by atoms with Crippen molar-refractivity contribution in [3.8, 4) is 5.75 Å². The van der Waals surface area contributed by atoms with E-state index in [0.717, 1.165) is 27.5 Å². The molecule has 0 saturated heterocycles. The van der Waals surface area contributed by atoms with Gasteiger partial charge in [-0.1, -0.05) is 30.3 Å². The SMILES string of the molecule is COc1ccccc1CN(C)C(=O)c1ccccc1SCc1ccsc1. The van der Waals surface area contributed by atoms with Crippen LogP contribution in [0.4, 0.5) is 0 Å². The van der Waals surface area contributed by atoms with Crippen molar-refractivity contribution in [2.45, 2.75) is 17.2 Å². The molecule has 1 heterocycles. The predicted octanol–water partition coefficient (Wildman–Crippen LogP) is 5.32. The number of benzene rings is 2. The number of hydrogen-bond acceptors (Lipinski definition) is 4. The second kappa shape index (κ2) is 8.92. The summed E-state index contributed by atoms with van der Waals surface area (Å²) in [6, 6.07) is 17.7. The Morgan fingerprint density at radius 3 is 2.65 bits per heavy atom. The molecule has 134 valence electrons. The Kier molecular flexibility index (Phi) is 6.36. The molecule has 0 aliphatic rings. The van der Waals surface area contributed by atoms with Crippen LogP contribution in [0.15, 0.2) is 70.3 Å². The van der Waals surface area contributed by atoms with Gasteiger partial charge in [-0.2, -0.15) is 11.3 Å². The van der Waals surface area contributed by atoms with Crippen molar-refractivity contribution in [2.24, 2.45) is 0 Å². The van der Waals surface area contributed by atoms with Crippen LogP contribution in [0.5, 0.6) is 5.75 Å². The summed E-state index contributed by atoms with van der Waals surface area (Å²) in [6.07, 6.45) is 0. The second-order valence-electron chi connectivity index (χ2n) is 5.89. The quantitative estimate of drug-likeness (QED) is 0.517. The number of methoxy groups -OCH3 is 1. The Hall–Kier alpha value is -2.24. The predicted molar refractivity (Wildman–Crippen MR) is 109 cm³/mol. The maximum atomic E-state index is 13.0. The highest BCUT2D eigenvalue weighted by atomic mass is 32.2. The number of hydrogen-bond donors (Lipinski definition) is 0. The molecule has 0 spiro atoms. The summed E-state index contributed by atoms with van der Waals surface area (Å²) in [4.78, 5) is 15.8. The van der Waals surface area contributed by atoms with Gasteiger partial charge in [0.15, 0.2) is 0 Å². The zero-order valence-corrected chi connectivity index (χ0v) is 16.5. The topological polar surface area (TPSA) is 29.5 Å². The van der Waals surface area contributed by atoms with Gasteiger partial charge in [-0.15, -0.1) is 11.8 Å². The molecule has 3 aromatic rings. The molecule has 0 aliphatic carbocycles. The summed E-state index contributed by atoms with van der Waals surface area (Å²) in [5, 5.41) is 4.22. The zero-order valence-electron chi connectivity index (χ0n) is 14.8. The van der Waals surface area contributed by atoms with E-state index in [1.165, 1.54) is 5.56 Å². The van der Waals surface area contributed by atoms with E-state index in [1.807, 2.05) is 55.6 Å². The van der Waals surface area contributed by atoms with E-state index < -0.39 is 0 Å². The van der Waals surface area contributed by atoms with Gasteiger partial charge in [0.25, 0.3) is 5.91 Å². The summed E-state index contributed by atoms with van der Waals surface area (Å²) in [5.74, 6) is 1.68. The first kappa shape index (κ1) is 18.5. The maximum Gasteiger partial charge on any atom is 0.255 e. The fourth-order valence-electron chi connectivity index (χ4n) is 2.67. The standard InChI is InChI=1S/C21H21NO2S2/c1-22(13-17-7-3-5-9-19(17)24-2)21(23)18-8-4-6-10-20(18)26-15-16-11-12-25-14-16/h3-12,14H,13,15H2,1-2H3. The summed E-state index contributed by atoms with van der Waals surface area (Å²) in [6.45, 7) is 0.506. The van der Waals surface area contributed by atoms with Crippen molar-refractivity contribution in [2.75, 3.05) is 14.2 Å². The number of para-hydroxylation sites is 1. The van der Waals surface area contributed by atoms with E-state index in [-0.39, 0.29) is 5.91 Å². The number of thiophene rings is 1. The van der Waals surface area contributed by atoms with Crippen LogP contribution in [0.25, 0.3) is 0 Å². The number of carbonyl (C=O) groups is 1. The van der Waals surface area contributed by atoms with Gasteiger partial charge in [-0.25, -0.2) is 0 Å². The molecule has 1 aromatic heterocycles. The van der Waals surface area contributed by atoms with Gasteiger partial charge in [0, 0.05) is 29.8 Å². The van der Waals surface area contributed by atoms with Crippen LogP contribution in [0.3, 0.4) is 0 Å². The number of ether oxygens (including phenoxy) is 1. The average molecular weight is 384 g/mol. The van der Waals surface area contributed by atoms with Crippen LogP contribution >= 0.6 is 23.1 Å². The summed E-state index contributed by atoms with van der Waals surface area (Å²) in [7, 11) is 3.48. The van der Waals surface area contributed by atoms with Gasteiger partial charge in [-0.05, 0) is 40.6 Å². The molecule has 1 amide bonds. The minimum absolute atomic E-state index is 0.0179. The molecule has 0 radical (unpaired) electrons. The Balaban J connectivity index is 1.74. The van der Waals surface area contributed by atoms with Crippen LogP contribution in [0.2, 0.25) is 0 Å². The van der Waals surface area contributed by atoms with Gasteiger partial charge in [0.2, 0.25) is 0 Å². The lowest BCUT2D eigenvalue weighted by molar-refractivity contribution is 0.0781. The molecule has 0 fully saturated rings. The van der Waals surface area contributed by atoms with Gasteiger partial charge < -0.3 is 9.64 Å². The van der Waals surface area contributed by atoms with E-state index in [4.69, 9.17) is 4.74 Å². The molecular weight excluding hydrogens is 362 g/mol. The highest BCUT2D eigenvalue weighted by molar-refractivity contribution is 7.98. The van der Waals surface area contributed by atoms with Crippen molar-refractivity contribution in [3.63, 3.8) is 0 Å². The third-order valence-electron chi connectivity index (χ3n) is 4.04. The number of nitrogens with zero attached hydrogens (tertiary/aromatic N) is 1. The van der Waals surface area contributed by atoms with Gasteiger partial charge in [0.1, 0.15) is 5.75 Å². The Morgan fingerprint density at radius 2 is 1.88 bits per heavy atom. The summed E-state index contributed by atoms with van der Waals surface area (Å²) >= 11 is 3.39. The third-order valence-corrected chi connectivity index (χ3v) is 5.92.